The van der Waals surface area contributed by atoms with Crippen LogP contribution in [0.2, 0.25) is 0 Å². The standard InChI is InChI=1S/C27H41F3N4O5/c1-13(35)20(36)17(11-15-9-8-10-15)32-22(37)19-18-16(26(18,6)7)12-34(19)23(38)21(25(3,4)5)33-24(39)31-14(2)27(28,29)30/h14-19,21H,8-12H2,1-7H3,(H,32,37)(H2,31,33,39)/t14?,16-,17?,18-,19-,21+/m0/s1. The lowest BCUT2D eigenvalue weighted by Crippen LogP contribution is -2.62. The van der Waals surface area contributed by atoms with Gasteiger partial charge in [0.2, 0.25) is 17.6 Å². The third kappa shape index (κ3) is 6.57. The molecule has 1 saturated heterocycles. The molecule has 3 aliphatic rings. The zero-order valence-corrected chi connectivity index (χ0v) is 23.7. The summed E-state index contributed by atoms with van der Waals surface area (Å²) in [6, 6.07) is -6.42. The number of amides is 4. The van der Waals surface area contributed by atoms with Crippen LogP contribution in [0.3, 0.4) is 0 Å². The normalized spacial score (nSPS) is 26.4. The molecule has 1 aliphatic heterocycles. The van der Waals surface area contributed by atoms with Gasteiger partial charge in [0.1, 0.15) is 18.1 Å². The van der Waals surface area contributed by atoms with Gasteiger partial charge in [0.15, 0.2) is 5.78 Å². The highest BCUT2D eigenvalue weighted by Crippen LogP contribution is 2.65. The molecule has 0 bridgehead atoms. The Morgan fingerprint density at radius 2 is 1.59 bits per heavy atom. The summed E-state index contributed by atoms with van der Waals surface area (Å²) in [5, 5.41) is 6.96. The predicted octanol–water partition coefficient (Wildman–Crippen LogP) is 2.97. The number of likely N-dealkylation sites (tertiary alicyclic amines) is 1. The number of fused-ring (bicyclic) bond motifs is 1. The molecular weight excluding hydrogens is 517 g/mol. The van der Waals surface area contributed by atoms with E-state index < -0.39 is 65.2 Å². The summed E-state index contributed by atoms with van der Waals surface area (Å²) in [5.41, 5.74) is -1.13. The molecule has 2 unspecified atom stereocenters. The second-order valence-electron chi connectivity index (χ2n) is 13.1. The van der Waals surface area contributed by atoms with Crippen LogP contribution in [0.4, 0.5) is 18.0 Å². The number of urea groups is 1. The molecule has 0 aromatic carbocycles. The van der Waals surface area contributed by atoms with Gasteiger partial charge in [-0.3, -0.25) is 19.2 Å². The largest absolute Gasteiger partial charge is 0.408 e. The Labute approximate surface area is 227 Å². The minimum Gasteiger partial charge on any atom is -0.344 e. The quantitative estimate of drug-likeness (QED) is 0.376. The molecule has 0 spiro atoms. The van der Waals surface area contributed by atoms with E-state index in [1.54, 1.807) is 20.8 Å². The zero-order valence-electron chi connectivity index (χ0n) is 23.7. The van der Waals surface area contributed by atoms with E-state index >= 15 is 0 Å². The summed E-state index contributed by atoms with van der Waals surface area (Å²) in [6.45, 7) is 11.2. The predicted molar refractivity (Wildman–Crippen MR) is 136 cm³/mol. The maximum atomic E-state index is 13.8. The molecular formula is C27H41F3N4O5. The molecule has 0 aromatic rings. The van der Waals surface area contributed by atoms with Gasteiger partial charge >= 0.3 is 12.2 Å². The Kier molecular flexibility index (Phi) is 8.49. The van der Waals surface area contributed by atoms with Gasteiger partial charge in [-0.1, -0.05) is 53.9 Å². The van der Waals surface area contributed by atoms with Gasteiger partial charge in [0.25, 0.3) is 0 Å². The summed E-state index contributed by atoms with van der Waals surface area (Å²) < 4.78 is 38.9. The Morgan fingerprint density at radius 1 is 1.00 bits per heavy atom. The summed E-state index contributed by atoms with van der Waals surface area (Å²) >= 11 is 0. The Hall–Kier alpha value is -2.66. The Morgan fingerprint density at radius 3 is 2.05 bits per heavy atom. The molecule has 9 nitrogen and oxygen atoms in total. The average molecular weight is 559 g/mol. The Bertz CT molecular complexity index is 1020. The van der Waals surface area contributed by atoms with Crippen molar-refractivity contribution in [3.63, 3.8) is 0 Å². The van der Waals surface area contributed by atoms with Gasteiger partial charge < -0.3 is 20.9 Å². The average Bonchev–Trinajstić information content (AvgIpc) is 3.10. The van der Waals surface area contributed by atoms with E-state index in [2.05, 4.69) is 10.6 Å². The highest BCUT2D eigenvalue weighted by atomic mass is 19.4. The highest BCUT2D eigenvalue weighted by molar-refractivity contribution is 6.38. The van der Waals surface area contributed by atoms with Crippen molar-refractivity contribution in [1.29, 1.82) is 0 Å². The van der Waals surface area contributed by atoms with E-state index in [0.717, 1.165) is 33.1 Å². The molecule has 2 saturated carbocycles. The lowest BCUT2D eigenvalue weighted by Gasteiger charge is -2.38. The third-order valence-electron chi connectivity index (χ3n) is 8.76. The van der Waals surface area contributed by atoms with E-state index in [1.807, 2.05) is 19.2 Å². The molecule has 220 valence electrons. The molecule has 0 aromatic heterocycles. The number of carbonyl (C=O) groups is 5. The van der Waals surface area contributed by atoms with Crippen LogP contribution >= 0.6 is 0 Å². The Balaban J connectivity index is 1.82. The monoisotopic (exact) mass is 558 g/mol. The van der Waals surface area contributed by atoms with Crippen molar-refractivity contribution in [2.24, 2.45) is 28.6 Å². The number of ketones is 2. The summed E-state index contributed by atoms with van der Waals surface area (Å²) in [4.78, 5) is 65.8. The SMILES string of the molecule is CC(=O)C(=O)C(CC1CCC1)NC(=O)[C@@H]1[C@@H]2[C@H](CN1C(=O)[C@@H](NC(=O)NC(C)C(F)(F)F)C(C)(C)C)C2(C)C. The van der Waals surface area contributed by atoms with Crippen molar-refractivity contribution in [1.82, 2.24) is 20.9 Å². The molecule has 1 heterocycles. The molecule has 0 radical (unpaired) electrons. The summed E-state index contributed by atoms with van der Waals surface area (Å²) in [5.74, 6) is -2.42. The molecule has 3 N–H and O–H groups in total. The van der Waals surface area contributed by atoms with Gasteiger partial charge in [-0.25, -0.2) is 4.79 Å². The van der Waals surface area contributed by atoms with Crippen molar-refractivity contribution in [2.45, 2.75) is 104 Å². The first-order chi connectivity index (χ1) is 17.8. The van der Waals surface area contributed by atoms with Crippen LogP contribution in [-0.2, 0) is 19.2 Å². The van der Waals surface area contributed by atoms with Crippen molar-refractivity contribution in [2.75, 3.05) is 6.54 Å². The van der Waals surface area contributed by atoms with Crippen molar-refractivity contribution >= 4 is 29.4 Å². The van der Waals surface area contributed by atoms with Gasteiger partial charge in [0.05, 0.1) is 6.04 Å². The molecule has 39 heavy (non-hydrogen) atoms. The van der Waals surface area contributed by atoms with Gasteiger partial charge in [-0.15, -0.1) is 0 Å². The number of alkyl halides is 3. The van der Waals surface area contributed by atoms with Crippen molar-refractivity contribution in [3.05, 3.63) is 0 Å². The second kappa shape index (κ2) is 10.7. The fourth-order valence-electron chi connectivity index (χ4n) is 5.87. The lowest BCUT2D eigenvalue weighted by atomic mass is 9.79. The molecule has 12 heteroatoms. The fraction of sp³-hybridized carbons (Fsp3) is 0.815. The number of hydrogen-bond acceptors (Lipinski definition) is 5. The second-order valence-corrected chi connectivity index (χ2v) is 13.1. The van der Waals surface area contributed by atoms with Crippen LogP contribution in [-0.4, -0.2) is 71.2 Å². The molecule has 4 amide bonds. The number of nitrogens with zero attached hydrogens (tertiary/aromatic N) is 1. The van der Waals surface area contributed by atoms with Crippen LogP contribution < -0.4 is 16.0 Å². The number of Topliss-reactive ketones (excluding diaryl/α,β-unsaturated/α-hetero) is 2. The number of nitrogens with one attached hydrogen (secondary N) is 3. The van der Waals surface area contributed by atoms with Gasteiger partial charge in [0, 0.05) is 13.5 Å². The summed E-state index contributed by atoms with van der Waals surface area (Å²) in [7, 11) is 0. The third-order valence-corrected chi connectivity index (χ3v) is 8.76. The molecule has 3 rings (SSSR count). The minimum atomic E-state index is -4.66. The first-order valence-electron chi connectivity index (χ1n) is 13.6. The minimum absolute atomic E-state index is 0.00508. The van der Waals surface area contributed by atoms with Crippen LogP contribution in [0.15, 0.2) is 0 Å². The van der Waals surface area contributed by atoms with E-state index in [-0.39, 0.29) is 29.7 Å². The van der Waals surface area contributed by atoms with E-state index in [1.165, 1.54) is 4.90 Å². The van der Waals surface area contributed by atoms with Crippen LogP contribution in [0.25, 0.3) is 0 Å². The van der Waals surface area contributed by atoms with Crippen molar-refractivity contribution < 1.29 is 37.1 Å². The zero-order chi connectivity index (χ0) is 29.7. The van der Waals surface area contributed by atoms with Crippen molar-refractivity contribution in [3.8, 4) is 0 Å². The molecule has 2 aliphatic carbocycles. The fourth-order valence-corrected chi connectivity index (χ4v) is 5.87. The van der Waals surface area contributed by atoms with Crippen LogP contribution in [0.5, 0.6) is 0 Å². The number of rotatable bonds is 9. The number of piperidine rings is 1. The van der Waals surface area contributed by atoms with Gasteiger partial charge in [-0.2, -0.15) is 13.2 Å². The summed E-state index contributed by atoms with van der Waals surface area (Å²) in [6.07, 6.45) is -1.45. The smallest absolute Gasteiger partial charge is 0.344 e. The van der Waals surface area contributed by atoms with E-state index in [9.17, 15) is 37.1 Å². The molecule has 6 atom stereocenters. The first kappa shape index (κ1) is 30.9. The number of hydrogen-bond donors (Lipinski definition) is 3. The van der Waals surface area contributed by atoms with E-state index in [4.69, 9.17) is 0 Å². The highest BCUT2D eigenvalue weighted by Gasteiger charge is 2.70. The molecule has 3 fully saturated rings. The van der Waals surface area contributed by atoms with Crippen LogP contribution in [0, 0.1) is 28.6 Å². The lowest BCUT2D eigenvalue weighted by molar-refractivity contribution is -0.149. The van der Waals surface area contributed by atoms with Crippen LogP contribution in [0.1, 0.15) is 74.1 Å². The topological polar surface area (TPSA) is 125 Å². The number of carbonyl (C=O) groups excluding carboxylic acids is 5. The maximum absolute atomic E-state index is 13.8. The van der Waals surface area contributed by atoms with Gasteiger partial charge in [-0.05, 0) is 41.9 Å². The maximum Gasteiger partial charge on any atom is 0.408 e. The first-order valence-corrected chi connectivity index (χ1v) is 13.6. The number of halogens is 3. The van der Waals surface area contributed by atoms with E-state index in [0.29, 0.717) is 6.42 Å².